The van der Waals surface area contributed by atoms with Gasteiger partial charge in [-0.25, -0.2) is 4.79 Å². The highest BCUT2D eigenvalue weighted by Crippen LogP contribution is 2.02. The first-order valence-electron chi connectivity index (χ1n) is 7.39. The molecule has 2 atom stereocenters. The van der Waals surface area contributed by atoms with Crippen molar-refractivity contribution in [3.8, 4) is 0 Å². The van der Waals surface area contributed by atoms with Crippen LogP contribution in [0.25, 0.3) is 0 Å². The van der Waals surface area contributed by atoms with Crippen LogP contribution in [0.1, 0.15) is 27.7 Å². The molecule has 0 saturated carbocycles. The van der Waals surface area contributed by atoms with Crippen LogP contribution in [0, 0.1) is 11.8 Å². The van der Waals surface area contributed by atoms with Gasteiger partial charge in [0.15, 0.2) is 0 Å². The van der Waals surface area contributed by atoms with Gasteiger partial charge in [-0.2, -0.15) is 0 Å². The topological polar surface area (TPSA) is 151 Å². The molecule has 0 heterocycles. The number of carbonyl (C=O) groups excluding carboxylic acids is 3. The third kappa shape index (κ3) is 7.59. The molecule has 9 heteroatoms. The minimum atomic E-state index is -1.14. The van der Waals surface area contributed by atoms with Gasteiger partial charge < -0.3 is 26.8 Å². The molecule has 0 saturated heterocycles. The third-order valence-corrected chi connectivity index (χ3v) is 3.12. The number of hydrogen-bond acceptors (Lipinski definition) is 5. The monoisotopic (exact) mass is 330 g/mol. The van der Waals surface area contributed by atoms with Crippen LogP contribution in [0.2, 0.25) is 0 Å². The quantitative estimate of drug-likeness (QED) is 0.344. The fourth-order valence-corrected chi connectivity index (χ4v) is 1.78. The fourth-order valence-electron chi connectivity index (χ4n) is 1.78. The molecule has 0 radical (unpaired) electrons. The van der Waals surface area contributed by atoms with E-state index < -0.39 is 35.8 Å². The van der Waals surface area contributed by atoms with E-state index >= 15 is 0 Å². The highest BCUT2D eigenvalue weighted by atomic mass is 16.4. The summed E-state index contributed by atoms with van der Waals surface area (Å²) in [5, 5.41) is 16.2. The van der Waals surface area contributed by atoms with Crippen LogP contribution in [-0.2, 0) is 19.2 Å². The van der Waals surface area contributed by atoms with Gasteiger partial charge in [0, 0.05) is 0 Å². The first kappa shape index (κ1) is 20.8. The third-order valence-electron chi connectivity index (χ3n) is 3.12. The summed E-state index contributed by atoms with van der Waals surface area (Å²) in [4.78, 5) is 46.1. The molecule has 6 N–H and O–H groups in total. The normalized spacial score (nSPS) is 13.3. The predicted molar refractivity (Wildman–Crippen MR) is 83.2 cm³/mol. The number of carboxylic acids is 1. The molecule has 3 amide bonds. The Kier molecular flexibility index (Phi) is 8.86. The second-order valence-corrected chi connectivity index (χ2v) is 5.84. The van der Waals surface area contributed by atoms with Gasteiger partial charge in [-0.3, -0.25) is 14.4 Å². The van der Waals surface area contributed by atoms with Gasteiger partial charge in [0.05, 0.1) is 13.1 Å². The Labute approximate surface area is 135 Å². The molecule has 0 spiro atoms. The van der Waals surface area contributed by atoms with E-state index in [1.54, 1.807) is 27.7 Å². The summed E-state index contributed by atoms with van der Waals surface area (Å²) >= 11 is 0. The van der Waals surface area contributed by atoms with E-state index in [0.717, 1.165) is 0 Å². The summed E-state index contributed by atoms with van der Waals surface area (Å²) in [5.74, 6) is -3.26. The minimum Gasteiger partial charge on any atom is -0.480 e. The molecule has 132 valence electrons. The lowest BCUT2D eigenvalue weighted by Crippen LogP contribution is -2.53. The SMILES string of the molecule is CC(C)C(NC(=O)CNC(=O)C(NC(=O)CN)C(C)C)C(=O)O. The number of nitrogens with two attached hydrogens (primary N) is 1. The van der Waals surface area contributed by atoms with E-state index in [1.165, 1.54) is 0 Å². The van der Waals surface area contributed by atoms with Crippen molar-refractivity contribution in [2.24, 2.45) is 17.6 Å². The molecule has 9 nitrogen and oxygen atoms in total. The van der Waals surface area contributed by atoms with E-state index in [-0.39, 0.29) is 24.9 Å². The molecule has 0 aliphatic rings. The molecular formula is C14H26N4O5. The maximum absolute atomic E-state index is 12.0. The van der Waals surface area contributed by atoms with Gasteiger partial charge in [-0.05, 0) is 11.8 Å². The Morgan fingerprint density at radius 2 is 1.39 bits per heavy atom. The van der Waals surface area contributed by atoms with Crippen molar-refractivity contribution in [1.82, 2.24) is 16.0 Å². The lowest BCUT2D eigenvalue weighted by molar-refractivity contribution is -0.143. The van der Waals surface area contributed by atoms with E-state index in [2.05, 4.69) is 16.0 Å². The summed E-state index contributed by atoms with van der Waals surface area (Å²) in [7, 11) is 0. The number of nitrogens with one attached hydrogen (secondary N) is 3. The molecule has 0 rings (SSSR count). The fraction of sp³-hybridized carbons (Fsp3) is 0.714. The van der Waals surface area contributed by atoms with Crippen LogP contribution in [0.3, 0.4) is 0 Å². The van der Waals surface area contributed by atoms with Gasteiger partial charge in [0.1, 0.15) is 12.1 Å². The van der Waals surface area contributed by atoms with Crippen LogP contribution in [0.15, 0.2) is 0 Å². The summed E-state index contributed by atoms with van der Waals surface area (Å²) in [6.07, 6.45) is 0. The number of carboxylic acid groups (broad SMARTS) is 1. The first-order valence-corrected chi connectivity index (χ1v) is 7.39. The van der Waals surface area contributed by atoms with Gasteiger partial charge in [-0.15, -0.1) is 0 Å². The van der Waals surface area contributed by atoms with Gasteiger partial charge >= 0.3 is 5.97 Å². The van der Waals surface area contributed by atoms with Crippen molar-refractivity contribution in [3.05, 3.63) is 0 Å². The van der Waals surface area contributed by atoms with Crippen LogP contribution in [0.5, 0.6) is 0 Å². The van der Waals surface area contributed by atoms with E-state index in [0.29, 0.717) is 0 Å². The highest BCUT2D eigenvalue weighted by Gasteiger charge is 2.26. The molecule has 0 aromatic heterocycles. The molecule has 0 aromatic carbocycles. The minimum absolute atomic E-state index is 0.198. The van der Waals surface area contributed by atoms with Crippen molar-refractivity contribution >= 4 is 23.7 Å². The Morgan fingerprint density at radius 1 is 0.913 bits per heavy atom. The maximum atomic E-state index is 12.0. The number of rotatable bonds is 9. The molecule has 0 fully saturated rings. The second kappa shape index (κ2) is 9.78. The standard InChI is InChI=1S/C14H26N4O5/c1-7(2)11(17-9(19)5-15)13(21)16-6-10(20)18-12(8(3)4)14(22)23/h7-8,11-12H,5-6,15H2,1-4H3,(H,16,21)(H,17,19)(H,18,20)(H,22,23). The summed E-state index contributed by atoms with van der Waals surface area (Å²) in [6, 6.07) is -1.85. The Bertz CT molecular complexity index is 450. The van der Waals surface area contributed by atoms with E-state index in [4.69, 9.17) is 10.8 Å². The largest absolute Gasteiger partial charge is 0.480 e. The van der Waals surface area contributed by atoms with Crippen molar-refractivity contribution in [2.45, 2.75) is 39.8 Å². The zero-order valence-corrected chi connectivity index (χ0v) is 13.9. The number of aliphatic carboxylic acids is 1. The van der Waals surface area contributed by atoms with Crippen molar-refractivity contribution in [1.29, 1.82) is 0 Å². The molecule has 0 aromatic rings. The Balaban J connectivity index is 4.57. The van der Waals surface area contributed by atoms with Crippen LogP contribution < -0.4 is 21.7 Å². The molecular weight excluding hydrogens is 304 g/mol. The van der Waals surface area contributed by atoms with Crippen molar-refractivity contribution in [3.63, 3.8) is 0 Å². The summed E-state index contributed by atoms with van der Waals surface area (Å²) < 4.78 is 0. The van der Waals surface area contributed by atoms with Crippen molar-refractivity contribution < 1.29 is 24.3 Å². The van der Waals surface area contributed by atoms with E-state index in [1.807, 2.05) is 0 Å². The lowest BCUT2D eigenvalue weighted by atomic mass is 10.0. The predicted octanol–water partition coefficient (Wildman–Crippen LogP) is -1.57. The van der Waals surface area contributed by atoms with Crippen LogP contribution >= 0.6 is 0 Å². The molecule has 23 heavy (non-hydrogen) atoms. The van der Waals surface area contributed by atoms with Gasteiger partial charge in [0.25, 0.3) is 0 Å². The second-order valence-electron chi connectivity index (χ2n) is 5.84. The Hall–Kier alpha value is -2.16. The number of amides is 3. The number of carbonyl (C=O) groups is 4. The molecule has 0 aliphatic carbocycles. The molecule has 0 aliphatic heterocycles. The molecule has 2 unspecified atom stereocenters. The van der Waals surface area contributed by atoms with Crippen LogP contribution in [0.4, 0.5) is 0 Å². The smallest absolute Gasteiger partial charge is 0.326 e. The van der Waals surface area contributed by atoms with Gasteiger partial charge in [0.2, 0.25) is 17.7 Å². The van der Waals surface area contributed by atoms with Crippen molar-refractivity contribution in [2.75, 3.05) is 13.1 Å². The molecule has 0 bridgehead atoms. The Morgan fingerprint density at radius 3 is 1.78 bits per heavy atom. The average molecular weight is 330 g/mol. The summed E-state index contributed by atoms with van der Waals surface area (Å²) in [5.41, 5.74) is 5.19. The highest BCUT2D eigenvalue weighted by molar-refractivity contribution is 5.92. The zero-order chi connectivity index (χ0) is 18.2. The van der Waals surface area contributed by atoms with E-state index in [9.17, 15) is 19.2 Å². The average Bonchev–Trinajstić information content (AvgIpc) is 2.46. The van der Waals surface area contributed by atoms with Crippen LogP contribution in [-0.4, -0.2) is 54.0 Å². The first-order chi connectivity index (χ1) is 10.6. The number of hydrogen-bond donors (Lipinski definition) is 5. The zero-order valence-electron chi connectivity index (χ0n) is 13.9. The maximum Gasteiger partial charge on any atom is 0.326 e. The lowest BCUT2D eigenvalue weighted by Gasteiger charge is -2.22. The van der Waals surface area contributed by atoms with Gasteiger partial charge in [-0.1, -0.05) is 27.7 Å². The summed E-state index contributed by atoms with van der Waals surface area (Å²) in [6.45, 7) is 6.17.